The van der Waals surface area contributed by atoms with E-state index in [1.54, 1.807) is 37.3 Å². The van der Waals surface area contributed by atoms with Crippen molar-refractivity contribution in [2.24, 2.45) is 0 Å². The van der Waals surface area contributed by atoms with Crippen molar-refractivity contribution in [3.8, 4) is 11.3 Å². The van der Waals surface area contributed by atoms with Crippen LogP contribution < -0.4 is 4.72 Å². The molecule has 1 heterocycles. The average Bonchev–Trinajstić information content (AvgIpc) is 2.61. The molecule has 0 aliphatic carbocycles. The average molecular weight is 371 g/mol. The quantitative estimate of drug-likeness (QED) is 0.746. The molecule has 0 amide bonds. The van der Waals surface area contributed by atoms with Gasteiger partial charge in [-0.05, 0) is 55.8 Å². The van der Waals surface area contributed by atoms with E-state index in [4.69, 9.17) is 0 Å². The van der Waals surface area contributed by atoms with Gasteiger partial charge in [-0.2, -0.15) is 0 Å². The number of aromatic nitrogens is 2. The summed E-state index contributed by atoms with van der Waals surface area (Å²) < 4.78 is 40.7. The Bertz CT molecular complexity index is 1030. The molecule has 0 atom stereocenters. The van der Waals surface area contributed by atoms with Crippen LogP contribution in [0.3, 0.4) is 0 Å². The summed E-state index contributed by atoms with van der Waals surface area (Å²) in [5.74, 6) is -0.329. The number of benzene rings is 2. The Labute approximate surface area is 152 Å². The second kappa shape index (κ2) is 7.31. The maximum absolute atomic E-state index is 13.0. The second-order valence-electron chi connectivity index (χ2n) is 5.99. The molecule has 1 N–H and O–H groups in total. The van der Waals surface area contributed by atoms with Gasteiger partial charge < -0.3 is 0 Å². The first-order valence-electron chi connectivity index (χ1n) is 7.99. The van der Waals surface area contributed by atoms with Crippen molar-refractivity contribution in [1.82, 2.24) is 14.7 Å². The van der Waals surface area contributed by atoms with E-state index in [0.29, 0.717) is 17.0 Å². The maximum atomic E-state index is 13.0. The largest absolute Gasteiger partial charge is 0.241 e. The predicted octanol–water partition coefficient (Wildman–Crippen LogP) is 3.38. The Hall–Kier alpha value is -2.64. The van der Waals surface area contributed by atoms with Crippen molar-refractivity contribution >= 4 is 10.0 Å². The minimum atomic E-state index is -3.65. The standard InChI is InChI=1S/C19H18FN3O2S/c1-13-3-8-19(14(2)9-13)26(24,25)23-11-17-10-18(22-12-21-17)15-4-6-16(20)7-5-15/h3-10,12,23H,11H2,1-2H3. The van der Waals surface area contributed by atoms with Gasteiger partial charge in [0.15, 0.2) is 0 Å². The Morgan fingerprint density at radius 1 is 1.00 bits per heavy atom. The number of hydrogen-bond acceptors (Lipinski definition) is 4. The molecule has 0 fully saturated rings. The molecule has 0 spiro atoms. The molecular weight excluding hydrogens is 353 g/mol. The van der Waals surface area contributed by atoms with Crippen molar-refractivity contribution in [3.05, 3.63) is 77.5 Å². The molecule has 0 unspecified atom stereocenters. The molecule has 3 rings (SSSR count). The fourth-order valence-corrected chi connectivity index (χ4v) is 3.84. The van der Waals surface area contributed by atoms with Crippen LogP contribution in [0.4, 0.5) is 4.39 Å². The van der Waals surface area contributed by atoms with Gasteiger partial charge in [-0.15, -0.1) is 0 Å². The van der Waals surface area contributed by atoms with Gasteiger partial charge in [-0.25, -0.2) is 27.5 Å². The molecule has 5 nitrogen and oxygen atoms in total. The summed E-state index contributed by atoms with van der Waals surface area (Å²) in [6, 6.07) is 12.8. The van der Waals surface area contributed by atoms with Crippen LogP contribution in [0.2, 0.25) is 0 Å². The van der Waals surface area contributed by atoms with Crippen molar-refractivity contribution < 1.29 is 12.8 Å². The molecule has 0 saturated carbocycles. The van der Waals surface area contributed by atoms with Crippen molar-refractivity contribution in [1.29, 1.82) is 0 Å². The number of hydrogen-bond donors (Lipinski definition) is 1. The number of nitrogens with one attached hydrogen (secondary N) is 1. The Balaban J connectivity index is 1.79. The van der Waals surface area contributed by atoms with E-state index < -0.39 is 10.0 Å². The maximum Gasteiger partial charge on any atom is 0.241 e. The van der Waals surface area contributed by atoms with Crippen molar-refractivity contribution in [2.75, 3.05) is 0 Å². The molecule has 3 aromatic rings. The van der Waals surface area contributed by atoms with Crippen LogP contribution in [0.1, 0.15) is 16.8 Å². The van der Waals surface area contributed by atoms with Crippen LogP contribution in [0.5, 0.6) is 0 Å². The van der Waals surface area contributed by atoms with Gasteiger partial charge in [-0.3, -0.25) is 0 Å². The van der Waals surface area contributed by atoms with Crippen LogP contribution in [-0.2, 0) is 16.6 Å². The van der Waals surface area contributed by atoms with Gasteiger partial charge in [0, 0.05) is 5.56 Å². The Morgan fingerprint density at radius 3 is 2.42 bits per heavy atom. The number of sulfonamides is 1. The van der Waals surface area contributed by atoms with Gasteiger partial charge >= 0.3 is 0 Å². The molecule has 0 radical (unpaired) electrons. The lowest BCUT2D eigenvalue weighted by molar-refractivity contribution is 0.579. The van der Waals surface area contributed by atoms with Gasteiger partial charge in [0.2, 0.25) is 10.0 Å². The first-order chi connectivity index (χ1) is 12.3. The smallest absolute Gasteiger partial charge is 0.240 e. The third-order valence-electron chi connectivity index (χ3n) is 3.93. The second-order valence-corrected chi connectivity index (χ2v) is 7.73. The number of aryl methyl sites for hydroxylation is 2. The zero-order valence-corrected chi connectivity index (χ0v) is 15.2. The summed E-state index contributed by atoms with van der Waals surface area (Å²) in [7, 11) is -3.65. The van der Waals surface area contributed by atoms with Gasteiger partial charge in [0.05, 0.1) is 22.8 Å². The summed E-state index contributed by atoms with van der Waals surface area (Å²) in [5, 5.41) is 0. The third-order valence-corrected chi connectivity index (χ3v) is 5.49. The van der Waals surface area contributed by atoms with Crippen molar-refractivity contribution in [2.45, 2.75) is 25.3 Å². The van der Waals surface area contributed by atoms with Crippen LogP contribution >= 0.6 is 0 Å². The fourth-order valence-electron chi connectivity index (χ4n) is 2.62. The Kier molecular flexibility index (Phi) is 5.11. The fraction of sp³-hybridized carbons (Fsp3) is 0.158. The number of nitrogens with zero attached hydrogens (tertiary/aromatic N) is 2. The van der Waals surface area contributed by atoms with Crippen LogP contribution in [0.25, 0.3) is 11.3 Å². The molecular formula is C19H18FN3O2S. The van der Waals surface area contributed by atoms with E-state index in [1.807, 2.05) is 13.0 Å². The summed E-state index contributed by atoms with van der Waals surface area (Å²) in [6.45, 7) is 3.71. The monoisotopic (exact) mass is 371 g/mol. The first-order valence-corrected chi connectivity index (χ1v) is 9.47. The molecule has 0 aliphatic heterocycles. The SMILES string of the molecule is Cc1ccc(S(=O)(=O)NCc2cc(-c3ccc(F)cc3)ncn2)c(C)c1. The molecule has 7 heteroatoms. The molecule has 0 saturated heterocycles. The molecule has 0 bridgehead atoms. The Morgan fingerprint density at radius 2 is 1.73 bits per heavy atom. The van der Waals surface area contributed by atoms with Gasteiger partial charge in [0.25, 0.3) is 0 Å². The summed E-state index contributed by atoms with van der Waals surface area (Å²) in [5.41, 5.74) is 3.54. The lowest BCUT2D eigenvalue weighted by atomic mass is 10.1. The van der Waals surface area contributed by atoms with Gasteiger partial charge in [0.1, 0.15) is 12.1 Å². The van der Waals surface area contributed by atoms with Crippen LogP contribution in [-0.4, -0.2) is 18.4 Å². The van der Waals surface area contributed by atoms with E-state index in [-0.39, 0.29) is 17.3 Å². The summed E-state index contributed by atoms with van der Waals surface area (Å²) in [4.78, 5) is 8.50. The highest BCUT2D eigenvalue weighted by Gasteiger charge is 2.16. The molecule has 26 heavy (non-hydrogen) atoms. The lowest BCUT2D eigenvalue weighted by Gasteiger charge is -2.10. The lowest BCUT2D eigenvalue weighted by Crippen LogP contribution is -2.24. The minimum Gasteiger partial charge on any atom is -0.240 e. The highest BCUT2D eigenvalue weighted by atomic mass is 32.2. The van der Waals surface area contributed by atoms with E-state index in [9.17, 15) is 12.8 Å². The summed E-state index contributed by atoms with van der Waals surface area (Å²) in [6.07, 6.45) is 1.36. The zero-order chi connectivity index (χ0) is 18.7. The minimum absolute atomic E-state index is 0.0341. The number of halogens is 1. The summed E-state index contributed by atoms with van der Waals surface area (Å²) >= 11 is 0. The van der Waals surface area contributed by atoms with Gasteiger partial charge in [-0.1, -0.05) is 17.7 Å². The highest BCUT2D eigenvalue weighted by molar-refractivity contribution is 7.89. The van der Waals surface area contributed by atoms with E-state index in [2.05, 4.69) is 14.7 Å². The predicted molar refractivity (Wildman–Crippen MR) is 97.4 cm³/mol. The van der Waals surface area contributed by atoms with Crippen LogP contribution in [0.15, 0.2) is 59.8 Å². The molecule has 2 aromatic carbocycles. The number of rotatable bonds is 5. The molecule has 134 valence electrons. The van der Waals surface area contributed by atoms with Crippen LogP contribution in [0, 0.1) is 19.7 Å². The van der Waals surface area contributed by atoms with E-state index >= 15 is 0 Å². The van der Waals surface area contributed by atoms with Crippen molar-refractivity contribution in [3.63, 3.8) is 0 Å². The third kappa shape index (κ3) is 4.12. The first kappa shape index (κ1) is 18.2. The van der Waals surface area contributed by atoms with E-state index in [1.165, 1.54) is 18.5 Å². The normalized spacial score (nSPS) is 11.5. The molecule has 1 aromatic heterocycles. The van der Waals surface area contributed by atoms with E-state index in [0.717, 1.165) is 11.1 Å². The zero-order valence-electron chi connectivity index (χ0n) is 14.4. The highest BCUT2D eigenvalue weighted by Crippen LogP contribution is 2.19. The molecule has 0 aliphatic rings. The topological polar surface area (TPSA) is 72.0 Å².